The fourth-order valence-corrected chi connectivity index (χ4v) is 1.47. The molecule has 0 fully saturated rings. The van der Waals surface area contributed by atoms with Crippen LogP contribution < -0.4 is 0 Å². The van der Waals surface area contributed by atoms with Crippen LogP contribution in [0, 0.1) is 0 Å². The molecule has 0 heterocycles. The Morgan fingerprint density at radius 2 is 1.67 bits per heavy atom. The molecule has 0 aliphatic carbocycles. The quantitative estimate of drug-likeness (QED) is 0.438. The van der Waals surface area contributed by atoms with Crippen LogP contribution >= 0.6 is 8.38 Å². The van der Waals surface area contributed by atoms with Crippen LogP contribution in [0.15, 0.2) is 0 Å². The standard InChI is InChI=1S/C8H19O3P/c1-4-6-10-12(3)11-8-7-9-5-2/h4-8H2,1-3H3. The maximum atomic E-state index is 5.36. The second-order valence-electron chi connectivity index (χ2n) is 2.30. The summed E-state index contributed by atoms with van der Waals surface area (Å²) in [5, 5.41) is 0. The minimum absolute atomic E-state index is 0.639. The molecule has 3 nitrogen and oxygen atoms in total. The molecule has 12 heavy (non-hydrogen) atoms. The Kier molecular flexibility index (Phi) is 9.64. The van der Waals surface area contributed by atoms with Gasteiger partial charge < -0.3 is 13.8 Å². The van der Waals surface area contributed by atoms with Crippen molar-refractivity contribution >= 4 is 8.38 Å². The highest BCUT2D eigenvalue weighted by Gasteiger charge is 2.00. The maximum absolute atomic E-state index is 5.36. The Labute approximate surface area is 76.3 Å². The lowest BCUT2D eigenvalue weighted by molar-refractivity contribution is 0.108. The maximum Gasteiger partial charge on any atom is 0.167 e. The fourth-order valence-electron chi connectivity index (χ4n) is 0.626. The first kappa shape index (κ1) is 12.3. The van der Waals surface area contributed by atoms with E-state index in [0.717, 1.165) is 19.6 Å². The Morgan fingerprint density at radius 1 is 1.00 bits per heavy atom. The minimum Gasteiger partial charge on any atom is -0.379 e. The fraction of sp³-hybridized carbons (Fsp3) is 1.00. The Balaban J connectivity index is 3.02. The van der Waals surface area contributed by atoms with E-state index in [1.165, 1.54) is 0 Å². The monoisotopic (exact) mass is 194 g/mol. The summed E-state index contributed by atoms with van der Waals surface area (Å²) in [5.41, 5.74) is 0. The Bertz CT molecular complexity index is 90.4. The Hall–Kier alpha value is 0.310. The van der Waals surface area contributed by atoms with Crippen LogP contribution in [0.4, 0.5) is 0 Å². The second kappa shape index (κ2) is 9.40. The van der Waals surface area contributed by atoms with E-state index in [9.17, 15) is 0 Å². The van der Waals surface area contributed by atoms with Gasteiger partial charge in [-0.2, -0.15) is 0 Å². The molecular formula is C8H19O3P. The van der Waals surface area contributed by atoms with Crippen molar-refractivity contribution in [2.45, 2.75) is 20.3 Å². The van der Waals surface area contributed by atoms with Gasteiger partial charge in [-0.05, 0) is 13.3 Å². The van der Waals surface area contributed by atoms with Crippen molar-refractivity contribution in [2.75, 3.05) is 33.1 Å². The van der Waals surface area contributed by atoms with Crippen LogP contribution in [-0.2, 0) is 13.8 Å². The van der Waals surface area contributed by atoms with Crippen LogP contribution in [0.3, 0.4) is 0 Å². The first-order chi connectivity index (χ1) is 5.81. The molecule has 0 aromatic carbocycles. The van der Waals surface area contributed by atoms with Crippen molar-refractivity contribution < 1.29 is 13.8 Å². The van der Waals surface area contributed by atoms with Gasteiger partial charge in [-0.25, -0.2) is 0 Å². The molecule has 0 rings (SSSR count). The first-order valence-corrected chi connectivity index (χ1v) is 6.01. The summed E-state index contributed by atoms with van der Waals surface area (Å²) < 4.78 is 15.8. The van der Waals surface area contributed by atoms with E-state index < -0.39 is 8.38 Å². The topological polar surface area (TPSA) is 27.7 Å². The summed E-state index contributed by atoms with van der Waals surface area (Å²) in [6.45, 7) is 8.87. The molecule has 1 atom stereocenters. The molecule has 0 aliphatic rings. The third-order valence-corrected chi connectivity index (χ3v) is 2.27. The number of ether oxygens (including phenoxy) is 1. The zero-order chi connectivity index (χ0) is 9.23. The van der Waals surface area contributed by atoms with Crippen molar-refractivity contribution in [3.05, 3.63) is 0 Å². The van der Waals surface area contributed by atoms with Gasteiger partial charge in [0.15, 0.2) is 8.38 Å². The Morgan fingerprint density at radius 3 is 2.25 bits per heavy atom. The zero-order valence-electron chi connectivity index (χ0n) is 8.21. The zero-order valence-corrected chi connectivity index (χ0v) is 9.10. The lowest BCUT2D eigenvalue weighted by Gasteiger charge is -2.11. The molecule has 1 unspecified atom stereocenters. The molecule has 0 radical (unpaired) electrons. The summed E-state index contributed by atoms with van der Waals surface area (Å²) in [6, 6.07) is 0. The first-order valence-electron chi connectivity index (χ1n) is 4.38. The number of hydrogen-bond acceptors (Lipinski definition) is 3. The predicted molar refractivity (Wildman–Crippen MR) is 51.5 cm³/mol. The molecule has 0 spiro atoms. The third kappa shape index (κ3) is 8.41. The van der Waals surface area contributed by atoms with Gasteiger partial charge in [0.1, 0.15) is 0 Å². The van der Waals surface area contributed by atoms with Crippen molar-refractivity contribution in [1.29, 1.82) is 0 Å². The van der Waals surface area contributed by atoms with Crippen molar-refractivity contribution in [2.24, 2.45) is 0 Å². The van der Waals surface area contributed by atoms with E-state index in [2.05, 4.69) is 6.92 Å². The van der Waals surface area contributed by atoms with E-state index >= 15 is 0 Å². The van der Waals surface area contributed by atoms with Crippen LogP contribution in [-0.4, -0.2) is 33.1 Å². The van der Waals surface area contributed by atoms with Crippen LogP contribution in [0.1, 0.15) is 20.3 Å². The van der Waals surface area contributed by atoms with Gasteiger partial charge in [0, 0.05) is 13.3 Å². The highest BCUT2D eigenvalue weighted by atomic mass is 31.2. The average Bonchev–Trinajstić information content (AvgIpc) is 2.09. The highest BCUT2D eigenvalue weighted by Crippen LogP contribution is 2.32. The van der Waals surface area contributed by atoms with Gasteiger partial charge >= 0.3 is 0 Å². The van der Waals surface area contributed by atoms with Gasteiger partial charge in [-0.15, -0.1) is 0 Å². The van der Waals surface area contributed by atoms with E-state index in [-0.39, 0.29) is 0 Å². The number of rotatable bonds is 8. The van der Waals surface area contributed by atoms with Crippen LogP contribution in [0.2, 0.25) is 0 Å². The molecule has 0 aromatic rings. The molecule has 0 aromatic heterocycles. The molecule has 0 saturated heterocycles. The van der Waals surface area contributed by atoms with Crippen LogP contribution in [0.5, 0.6) is 0 Å². The van der Waals surface area contributed by atoms with Crippen LogP contribution in [0.25, 0.3) is 0 Å². The van der Waals surface area contributed by atoms with Gasteiger partial charge in [0.25, 0.3) is 0 Å². The summed E-state index contributed by atoms with van der Waals surface area (Å²) in [7, 11) is -0.683. The average molecular weight is 194 g/mol. The van der Waals surface area contributed by atoms with E-state index in [1.54, 1.807) is 0 Å². The lowest BCUT2D eigenvalue weighted by Crippen LogP contribution is -2.02. The van der Waals surface area contributed by atoms with Gasteiger partial charge in [-0.3, -0.25) is 0 Å². The van der Waals surface area contributed by atoms with Crippen molar-refractivity contribution in [1.82, 2.24) is 0 Å². The van der Waals surface area contributed by atoms with Crippen molar-refractivity contribution in [3.8, 4) is 0 Å². The smallest absolute Gasteiger partial charge is 0.167 e. The van der Waals surface area contributed by atoms with Crippen molar-refractivity contribution in [3.63, 3.8) is 0 Å². The summed E-state index contributed by atoms with van der Waals surface area (Å²) in [6.07, 6.45) is 1.04. The summed E-state index contributed by atoms with van der Waals surface area (Å²) >= 11 is 0. The molecule has 4 heteroatoms. The van der Waals surface area contributed by atoms with E-state index in [0.29, 0.717) is 13.2 Å². The molecule has 0 aliphatic heterocycles. The highest BCUT2D eigenvalue weighted by molar-refractivity contribution is 7.46. The van der Waals surface area contributed by atoms with E-state index in [1.807, 2.05) is 13.6 Å². The SMILES string of the molecule is CCCOP(C)OCCOCC. The van der Waals surface area contributed by atoms with Gasteiger partial charge in [0.05, 0.1) is 19.8 Å². The largest absolute Gasteiger partial charge is 0.379 e. The molecule has 0 saturated carbocycles. The third-order valence-electron chi connectivity index (χ3n) is 1.18. The summed E-state index contributed by atoms with van der Waals surface area (Å²) in [5.74, 6) is 0. The second-order valence-corrected chi connectivity index (χ2v) is 3.70. The minimum atomic E-state index is -0.683. The van der Waals surface area contributed by atoms with Gasteiger partial charge in [0.2, 0.25) is 0 Å². The molecule has 0 bridgehead atoms. The summed E-state index contributed by atoms with van der Waals surface area (Å²) in [4.78, 5) is 0. The van der Waals surface area contributed by atoms with E-state index in [4.69, 9.17) is 13.8 Å². The lowest BCUT2D eigenvalue weighted by atomic mass is 10.5. The number of hydrogen-bond donors (Lipinski definition) is 0. The predicted octanol–water partition coefficient (Wildman–Crippen LogP) is 2.41. The molecular weight excluding hydrogens is 175 g/mol. The molecule has 74 valence electrons. The van der Waals surface area contributed by atoms with Gasteiger partial charge in [-0.1, -0.05) is 6.92 Å². The molecule has 0 N–H and O–H groups in total. The normalized spacial score (nSPS) is 13.2. The molecule has 0 amide bonds.